The van der Waals surface area contributed by atoms with Crippen LogP contribution in [0, 0.1) is 19.8 Å². The van der Waals surface area contributed by atoms with Crippen LogP contribution >= 0.6 is 0 Å². The Balaban J connectivity index is 0.000000303. The molecule has 0 bridgehead atoms. The lowest BCUT2D eigenvalue weighted by Gasteiger charge is -2.35. The van der Waals surface area contributed by atoms with Crippen LogP contribution in [0.2, 0.25) is 0 Å². The highest BCUT2D eigenvalue weighted by Gasteiger charge is 2.48. The lowest BCUT2D eigenvalue weighted by molar-refractivity contribution is -0.161. The molecule has 4 rings (SSSR count). The topological polar surface area (TPSA) is 257 Å². The molecule has 1 saturated heterocycles. The molecule has 2 aliphatic rings. The van der Waals surface area contributed by atoms with Gasteiger partial charge in [-0.3, -0.25) is 14.9 Å². The van der Waals surface area contributed by atoms with Crippen molar-refractivity contribution in [2.24, 2.45) is 5.92 Å². The SMILES string of the molecule is CCC[C@H](N[C@@H](C)C(=O)N1[C@H](C(=O)O)C[C@@H]2CCCC[C@@H]21)C(=O)OCC.Cc1ccc(S(=O)(=O)O[C@H](C(=O)O)[C@H](OS(=O)(=O)c2ccc(C)cc2)C(=O)O)cc1. The van der Waals surface area contributed by atoms with E-state index in [2.05, 4.69) is 13.7 Å². The number of aryl methyl sites for hydroxylation is 2. The van der Waals surface area contributed by atoms with Crippen molar-refractivity contribution < 1.29 is 69.2 Å². The number of carboxylic acids is 3. The third-order valence-electron chi connectivity index (χ3n) is 9.44. The van der Waals surface area contributed by atoms with E-state index in [-0.39, 0.29) is 23.8 Å². The van der Waals surface area contributed by atoms with Crippen LogP contribution in [0.25, 0.3) is 0 Å². The van der Waals surface area contributed by atoms with Crippen molar-refractivity contribution >= 4 is 50.0 Å². The lowest BCUT2D eigenvalue weighted by Crippen LogP contribution is -2.55. The molecule has 1 amide bonds. The van der Waals surface area contributed by atoms with Gasteiger partial charge in [0, 0.05) is 6.04 Å². The predicted octanol–water partition coefficient (Wildman–Crippen LogP) is 3.26. The first-order valence-corrected chi connectivity index (χ1v) is 21.0. The van der Waals surface area contributed by atoms with E-state index in [1.54, 1.807) is 32.6 Å². The molecule has 1 aliphatic heterocycles. The summed E-state index contributed by atoms with van der Waals surface area (Å²) in [4.78, 5) is 60.7. The second-order valence-electron chi connectivity index (χ2n) is 13.7. The Morgan fingerprint density at radius 3 is 1.66 bits per heavy atom. The van der Waals surface area contributed by atoms with Crippen LogP contribution in [0.4, 0.5) is 0 Å². The molecule has 4 N–H and O–H groups in total. The van der Waals surface area contributed by atoms with Crippen LogP contribution in [-0.2, 0) is 57.3 Å². The molecule has 2 aromatic rings. The van der Waals surface area contributed by atoms with Gasteiger partial charge in [-0.2, -0.15) is 16.8 Å². The van der Waals surface area contributed by atoms with Gasteiger partial charge in [0.05, 0.1) is 22.4 Å². The smallest absolute Gasteiger partial charge is 0.337 e. The van der Waals surface area contributed by atoms with Crippen molar-refractivity contribution in [1.29, 1.82) is 0 Å². The summed E-state index contributed by atoms with van der Waals surface area (Å²) in [7, 11) is -9.49. The number of carbonyl (C=O) groups excluding carboxylic acids is 2. The molecule has 0 radical (unpaired) electrons. The molecule has 2 aromatic carbocycles. The largest absolute Gasteiger partial charge is 0.480 e. The Morgan fingerprint density at radius 1 is 0.786 bits per heavy atom. The maximum Gasteiger partial charge on any atom is 0.337 e. The van der Waals surface area contributed by atoms with Gasteiger partial charge in [-0.25, -0.2) is 22.7 Å². The average Bonchev–Trinajstić information content (AvgIpc) is 3.53. The molecule has 0 unspecified atom stereocenters. The average molecular weight is 827 g/mol. The Hall–Kier alpha value is -4.43. The third-order valence-corrected chi connectivity index (χ3v) is 12.1. The van der Waals surface area contributed by atoms with Gasteiger partial charge in [0.15, 0.2) is 0 Å². The van der Waals surface area contributed by atoms with Gasteiger partial charge in [-0.1, -0.05) is 61.6 Å². The Morgan fingerprint density at radius 2 is 1.25 bits per heavy atom. The Labute approximate surface area is 326 Å². The maximum absolute atomic E-state index is 13.1. The van der Waals surface area contributed by atoms with E-state index in [4.69, 9.17) is 4.74 Å². The van der Waals surface area contributed by atoms with Crippen molar-refractivity contribution in [2.75, 3.05) is 6.61 Å². The van der Waals surface area contributed by atoms with Crippen LogP contribution in [0.1, 0.15) is 76.8 Å². The van der Waals surface area contributed by atoms with Gasteiger partial charge in [-0.15, -0.1) is 0 Å². The van der Waals surface area contributed by atoms with Crippen molar-refractivity contribution in [3.8, 4) is 0 Å². The molecular weight excluding hydrogens is 777 g/mol. The number of nitrogens with one attached hydrogen (secondary N) is 1. The fourth-order valence-electron chi connectivity index (χ4n) is 6.63. The Kier molecular flexibility index (Phi) is 16.5. The van der Waals surface area contributed by atoms with Gasteiger partial charge in [0.2, 0.25) is 18.1 Å². The van der Waals surface area contributed by atoms with E-state index in [1.165, 1.54) is 24.3 Å². The van der Waals surface area contributed by atoms with Crippen LogP contribution in [0.5, 0.6) is 0 Å². The minimum Gasteiger partial charge on any atom is -0.480 e. The number of hydrogen-bond donors (Lipinski definition) is 4. The van der Waals surface area contributed by atoms with Crippen LogP contribution in [-0.4, -0.2) is 110 Å². The number of amides is 1. The van der Waals surface area contributed by atoms with Gasteiger partial charge in [0.25, 0.3) is 20.2 Å². The molecule has 7 atom stereocenters. The van der Waals surface area contributed by atoms with Crippen LogP contribution < -0.4 is 5.32 Å². The first kappa shape index (κ1) is 46.0. The highest BCUT2D eigenvalue weighted by molar-refractivity contribution is 7.87. The number of nitrogens with zero attached hydrogens (tertiary/aromatic N) is 1. The zero-order valence-corrected chi connectivity index (χ0v) is 33.5. The summed E-state index contributed by atoms with van der Waals surface area (Å²) in [5.41, 5.74) is 1.42. The third kappa shape index (κ3) is 12.0. The normalized spacial score (nSPS) is 20.3. The number of fused-ring (bicyclic) bond motifs is 1. The number of rotatable bonds is 17. The van der Waals surface area contributed by atoms with E-state index in [0.29, 0.717) is 30.6 Å². The second kappa shape index (κ2) is 20.1. The number of aliphatic carboxylic acids is 3. The minimum absolute atomic E-state index is 0.00817. The predicted molar refractivity (Wildman–Crippen MR) is 198 cm³/mol. The van der Waals surface area contributed by atoms with E-state index in [9.17, 15) is 56.1 Å². The molecule has 19 heteroatoms. The fraction of sp³-hybridized carbons (Fsp3) is 0.541. The fourth-order valence-corrected chi connectivity index (χ4v) is 8.70. The minimum atomic E-state index is -4.74. The number of hydrogen-bond acceptors (Lipinski definition) is 13. The van der Waals surface area contributed by atoms with E-state index in [1.807, 2.05) is 6.92 Å². The second-order valence-corrected chi connectivity index (χ2v) is 16.8. The molecule has 1 aliphatic carbocycles. The number of likely N-dealkylation sites (tertiary alicyclic amines) is 1. The zero-order chi connectivity index (χ0) is 42.0. The lowest BCUT2D eigenvalue weighted by atomic mass is 9.84. The van der Waals surface area contributed by atoms with E-state index < -0.39 is 78.3 Å². The first-order chi connectivity index (χ1) is 26.2. The van der Waals surface area contributed by atoms with Gasteiger partial charge >= 0.3 is 23.9 Å². The summed E-state index contributed by atoms with van der Waals surface area (Å²) >= 11 is 0. The molecule has 1 heterocycles. The number of carboxylic acid groups (broad SMARTS) is 3. The number of carbonyl (C=O) groups is 5. The molecule has 0 aromatic heterocycles. The first-order valence-electron chi connectivity index (χ1n) is 18.2. The highest BCUT2D eigenvalue weighted by Crippen LogP contribution is 2.40. The number of ether oxygens (including phenoxy) is 1. The summed E-state index contributed by atoms with van der Waals surface area (Å²) in [5, 5.41) is 31.3. The molecule has 310 valence electrons. The maximum atomic E-state index is 13.1. The molecule has 2 fully saturated rings. The summed E-state index contributed by atoms with van der Waals surface area (Å²) < 4.78 is 63.7. The van der Waals surface area contributed by atoms with Crippen molar-refractivity contribution in [3.05, 3.63) is 59.7 Å². The molecule has 56 heavy (non-hydrogen) atoms. The van der Waals surface area contributed by atoms with Crippen molar-refractivity contribution in [1.82, 2.24) is 10.2 Å². The summed E-state index contributed by atoms with van der Waals surface area (Å²) in [6.45, 7) is 9.08. The summed E-state index contributed by atoms with van der Waals surface area (Å²) in [6.07, 6.45) is 0.529. The van der Waals surface area contributed by atoms with Crippen LogP contribution in [0.15, 0.2) is 58.3 Å². The number of esters is 1. The molecule has 17 nitrogen and oxygen atoms in total. The molecule has 0 spiro atoms. The summed E-state index contributed by atoms with van der Waals surface area (Å²) in [6, 6.07) is 8.25. The van der Waals surface area contributed by atoms with Crippen molar-refractivity contribution in [2.45, 2.75) is 126 Å². The van der Waals surface area contributed by atoms with Crippen molar-refractivity contribution in [3.63, 3.8) is 0 Å². The Bertz CT molecular complexity index is 1830. The quantitative estimate of drug-likeness (QED) is 0.132. The zero-order valence-electron chi connectivity index (χ0n) is 31.8. The summed E-state index contributed by atoms with van der Waals surface area (Å²) in [5.74, 6) is -5.33. The highest BCUT2D eigenvalue weighted by atomic mass is 32.2. The molecule has 1 saturated carbocycles. The van der Waals surface area contributed by atoms with Gasteiger partial charge in [0.1, 0.15) is 12.1 Å². The molecular formula is C37H50N2O15S2. The van der Waals surface area contributed by atoms with E-state index >= 15 is 0 Å². The monoisotopic (exact) mass is 826 g/mol. The van der Waals surface area contributed by atoms with Crippen LogP contribution in [0.3, 0.4) is 0 Å². The van der Waals surface area contributed by atoms with E-state index in [0.717, 1.165) is 56.4 Å². The number of benzene rings is 2. The van der Waals surface area contributed by atoms with Gasteiger partial charge in [-0.05, 0) is 83.6 Å². The standard InChI is InChI=1S/C19H32N2O5.C18H18O10S2/c1-4-8-14(19(25)26-5-2)20-12(3)17(22)21-15-10-7-6-9-13(15)11-16(21)18(23)24;1-11-3-7-13(8-4-11)29(23,24)27-15(17(19)20)16(18(21)22)28-30(25,26)14-9-5-12(2)6-10-14/h12-16,20H,4-11H2,1-3H3,(H,23,24);3-10,15-16H,1-2H3,(H,19,20)(H,21,22)/t12-,13-,14-,15-,16-;15-,16-/m00/s1. The van der Waals surface area contributed by atoms with Gasteiger partial charge < -0.3 is 25.0 Å².